The molecule has 0 aliphatic heterocycles. The molecule has 1 atom stereocenters. The Kier molecular flexibility index (Phi) is 10.3. The maximum absolute atomic E-state index is 5.11. The lowest BCUT2D eigenvalue weighted by atomic mass is 10.2. The van der Waals surface area contributed by atoms with E-state index >= 15 is 0 Å². The standard InChI is InChI=1S/C11H26N2O2/c1-11(5-6-12-2)13(7-9-14-3)8-10-15-4/h11-12H,5-10H2,1-4H3. The predicted octanol–water partition coefficient (Wildman–Crippen LogP) is 0.579. The van der Waals surface area contributed by atoms with Gasteiger partial charge in [-0.3, -0.25) is 4.90 Å². The summed E-state index contributed by atoms with van der Waals surface area (Å²) in [5, 5.41) is 3.18. The van der Waals surface area contributed by atoms with Crippen LogP contribution < -0.4 is 5.32 Å². The second-order valence-corrected chi connectivity index (χ2v) is 3.76. The lowest BCUT2D eigenvalue weighted by Crippen LogP contribution is -2.39. The Morgan fingerprint density at radius 2 is 1.67 bits per heavy atom. The van der Waals surface area contributed by atoms with Gasteiger partial charge in [-0.2, -0.15) is 0 Å². The molecular formula is C11H26N2O2. The molecule has 1 N–H and O–H groups in total. The van der Waals surface area contributed by atoms with Gasteiger partial charge in [0.25, 0.3) is 0 Å². The lowest BCUT2D eigenvalue weighted by Gasteiger charge is -2.28. The number of rotatable bonds is 10. The van der Waals surface area contributed by atoms with Crippen LogP contribution in [-0.4, -0.2) is 65.1 Å². The third-order valence-electron chi connectivity index (χ3n) is 2.60. The molecule has 92 valence electrons. The SMILES string of the molecule is CNCCC(C)N(CCOC)CCOC. The predicted molar refractivity (Wildman–Crippen MR) is 63.3 cm³/mol. The van der Waals surface area contributed by atoms with Crippen molar-refractivity contribution in [2.75, 3.05) is 54.1 Å². The van der Waals surface area contributed by atoms with Gasteiger partial charge in [0, 0.05) is 33.4 Å². The first-order valence-corrected chi connectivity index (χ1v) is 5.62. The fraction of sp³-hybridized carbons (Fsp3) is 1.00. The van der Waals surface area contributed by atoms with E-state index in [0.717, 1.165) is 39.3 Å². The molecule has 0 radical (unpaired) electrons. The van der Waals surface area contributed by atoms with Crippen LogP contribution in [0.15, 0.2) is 0 Å². The van der Waals surface area contributed by atoms with Crippen LogP contribution in [0, 0.1) is 0 Å². The van der Waals surface area contributed by atoms with Crippen LogP contribution >= 0.6 is 0 Å². The number of hydrogen-bond acceptors (Lipinski definition) is 4. The molecule has 0 aliphatic carbocycles. The quantitative estimate of drug-likeness (QED) is 0.581. The van der Waals surface area contributed by atoms with E-state index in [9.17, 15) is 0 Å². The Morgan fingerprint density at radius 1 is 1.13 bits per heavy atom. The van der Waals surface area contributed by atoms with Crippen LogP contribution in [0.1, 0.15) is 13.3 Å². The Bertz CT molecular complexity index is 126. The van der Waals surface area contributed by atoms with E-state index in [0.29, 0.717) is 6.04 Å². The van der Waals surface area contributed by atoms with Crippen LogP contribution in [0.3, 0.4) is 0 Å². The fourth-order valence-corrected chi connectivity index (χ4v) is 1.51. The summed E-state index contributed by atoms with van der Waals surface area (Å²) in [4.78, 5) is 2.41. The second kappa shape index (κ2) is 10.4. The van der Waals surface area contributed by atoms with Crippen molar-refractivity contribution < 1.29 is 9.47 Å². The minimum atomic E-state index is 0.572. The van der Waals surface area contributed by atoms with E-state index in [1.54, 1.807) is 14.2 Å². The lowest BCUT2D eigenvalue weighted by molar-refractivity contribution is 0.0896. The third-order valence-corrected chi connectivity index (χ3v) is 2.60. The third kappa shape index (κ3) is 7.73. The van der Waals surface area contributed by atoms with Gasteiger partial charge >= 0.3 is 0 Å². The average molecular weight is 218 g/mol. The molecule has 15 heavy (non-hydrogen) atoms. The molecule has 0 bridgehead atoms. The van der Waals surface area contributed by atoms with E-state index in [1.807, 2.05) is 7.05 Å². The molecule has 0 spiro atoms. The Balaban J connectivity index is 3.84. The Labute approximate surface area is 93.9 Å². The smallest absolute Gasteiger partial charge is 0.0589 e. The summed E-state index contributed by atoms with van der Waals surface area (Å²) in [5.41, 5.74) is 0. The van der Waals surface area contributed by atoms with E-state index in [1.165, 1.54) is 0 Å². The molecule has 0 fully saturated rings. The van der Waals surface area contributed by atoms with Crippen molar-refractivity contribution in [2.24, 2.45) is 0 Å². The minimum absolute atomic E-state index is 0.572. The van der Waals surface area contributed by atoms with E-state index in [-0.39, 0.29) is 0 Å². The molecular weight excluding hydrogens is 192 g/mol. The largest absolute Gasteiger partial charge is 0.383 e. The van der Waals surface area contributed by atoms with Crippen molar-refractivity contribution in [3.63, 3.8) is 0 Å². The number of nitrogens with zero attached hydrogens (tertiary/aromatic N) is 1. The fourth-order valence-electron chi connectivity index (χ4n) is 1.51. The second-order valence-electron chi connectivity index (χ2n) is 3.76. The normalized spacial score (nSPS) is 13.4. The summed E-state index contributed by atoms with van der Waals surface area (Å²) < 4.78 is 10.2. The van der Waals surface area contributed by atoms with Crippen LogP contribution in [0.25, 0.3) is 0 Å². The van der Waals surface area contributed by atoms with Crippen molar-refractivity contribution in [3.8, 4) is 0 Å². The first-order valence-electron chi connectivity index (χ1n) is 5.62. The van der Waals surface area contributed by atoms with Gasteiger partial charge in [-0.05, 0) is 26.9 Å². The van der Waals surface area contributed by atoms with Gasteiger partial charge in [0.15, 0.2) is 0 Å². The van der Waals surface area contributed by atoms with Gasteiger partial charge in [-0.15, -0.1) is 0 Å². The molecule has 0 heterocycles. The summed E-state index contributed by atoms with van der Waals surface area (Å²) in [6, 6.07) is 0.572. The summed E-state index contributed by atoms with van der Waals surface area (Å²) >= 11 is 0. The monoisotopic (exact) mass is 218 g/mol. The van der Waals surface area contributed by atoms with E-state index < -0.39 is 0 Å². The highest BCUT2D eigenvalue weighted by Crippen LogP contribution is 2.02. The molecule has 0 aromatic rings. The first-order chi connectivity index (χ1) is 7.26. The topological polar surface area (TPSA) is 33.7 Å². The van der Waals surface area contributed by atoms with Gasteiger partial charge in [0.05, 0.1) is 13.2 Å². The van der Waals surface area contributed by atoms with Crippen molar-refractivity contribution in [1.82, 2.24) is 10.2 Å². The van der Waals surface area contributed by atoms with Gasteiger partial charge in [-0.1, -0.05) is 0 Å². The maximum Gasteiger partial charge on any atom is 0.0589 e. The van der Waals surface area contributed by atoms with Crippen LogP contribution in [0.2, 0.25) is 0 Å². The maximum atomic E-state index is 5.11. The molecule has 0 rings (SSSR count). The molecule has 0 amide bonds. The summed E-state index contributed by atoms with van der Waals surface area (Å²) in [6.45, 7) is 6.83. The molecule has 0 aromatic carbocycles. The highest BCUT2D eigenvalue weighted by molar-refractivity contribution is 4.67. The molecule has 0 saturated heterocycles. The highest BCUT2D eigenvalue weighted by Gasteiger charge is 2.12. The number of ether oxygens (including phenoxy) is 2. The molecule has 1 unspecified atom stereocenters. The van der Waals surface area contributed by atoms with Gasteiger partial charge < -0.3 is 14.8 Å². The van der Waals surface area contributed by atoms with Crippen molar-refractivity contribution >= 4 is 0 Å². The van der Waals surface area contributed by atoms with Gasteiger partial charge in [-0.25, -0.2) is 0 Å². The summed E-state index contributed by atoms with van der Waals surface area (Å²) in [7, 11) is 5.47. The average Bonchev–Trinajstić information content (AvgIpc) is 2.26. The zero-order valence-electron chi connectivity index (χ0n) is 10.6. The Morgan fingerprint density at radius 3 is 2.07 bits per heavy atom. The Hall–Kier alpha value is -0.160. The van der Waals surface area contributed by atoms with Crippen molar-refractivity contribution in [1.29, 1.82) is 0 Å². The molecule has 4 heteroatoms. The number of hydrogen-bond donors (Lipinski definition) is 1. The summed E-state index contributed by atoms with van der Waals surface area (Å²) in [5.74, 6) is 0. The zero-order chi connectivity index (χ0) is 11.5. The molecule has 0 aliphatic rings. The number of nitrogens with one attached hydrogen (secondary N) is 1. The van der Waals surface area contributed by atoms with Crippen LogP contribution in [-0.2, 0) is 9.47 Å². The van der Waals surface area contributed by atoms with Crippen molar-refractivity contribution in [2.45, 2.75) is 19.4 Å². The van der Waals surface area contributed by atoms with Crippen LogP contribution in [0.4, 0.5) is 0 Å². The minimum Gasteiger partial charge on any atom is -0.383 e. The van der Waals surface area contributed by atoms with Gasteiger partial charge in [0.1, 0.15) is 0 Å². The van der Waals surface area contributed by atoms with Gasteiger partial charge in [0.2, 0.25) is 0 Å². The molecule has 0 saturated carbocycles. The highest BCUT2D eigenvalue weighted by atomic mass is 16.5. The first kappa shape index (κ1) is 14.8. The molecule has 0 aromatic heterocycles. The number of methoxy groups -OCH3 is 2. The van der Waals surface area contributed by atoms with E-state index in [2.05, 4.69) is 17.1 Å². The van der Waals surface area contributed by atoms with Crippen molar-refractivity contribution in [3.05, 3.63) is 0 Å². The zero-order valence-corrected chi connectivity index (χ0v) is 10.6. The summed E-state index contributed by atoms with van der Waals surface area (Å²) in [6.07, 6.45) is 1.16. The van der Waals surface area contributed by atoms with Crippen LogP contribution in [0.5, 0.6) is 0 Å². The van der Waals surface area contributed by atoms with E-state index in [4.69, 9.17) is 9.47 Å². The molecule has 4 nitrogen and oxygen atoms in total.